The first-order valence-electron chi connectivity index (χ1n) is 4.63. The summed E-state index contributed by atoms with van der Waals surface area (Å²) in [7, 11) is 1.94. The van der Waals surface area contributed by atoms with Gasteiger partial charge in [-0.1, -0.05) is 27.8 Å². The fraction of sp³-hybridized carbons (Fsp3) is 0.333. The van der Waals surface area contributed by atoms with Gasteiger partial charge < -0.3 is 5.32 Å². The molecule has 0 aliphatic carbocycles. The highest BCUT2D eigenvalue weighted by Crippen LogP contribution is 2.14. The molecule has 0 saturated carbocycles. The molecule has 0 saturated heterocycles. The fourth-order valence-electron chi connectivity index (χ4n) is 1.11. The number of hydrogen-bond acceptors (Lipinski definition) is 1. The molecule has 0 radical (unpaired) electrons. The SMILES string of the molecule is CNCCC#Cc1ccc(Br)cc1C. The molecule has 0 aliphatic rings. The zero-order valence-electron chi connectivity index (χ0n) is 8.52. The monoisotopic (exact) mass is 251 g/mol. The van der Waals surface area contributed by atoms with Crippen LogP contribution in [0.2, 0.25) is 0 Å². The van der Waals surface area contributed by atoms with Crippen molar-refractivity contribution < 1.29 is 0 Å². The Balaban J connectivity index is 2.70. The van der Waals surface area contributed by atoms with E-state index in [4.69, 9.17) is 0 Å². The molecular formula is C12H14BrN. The Morgan fingerprint density at radius 3 is 2.86 bits per heavy atom. The second-order valence-corrected chi connectivity index (χ2v) is 4.03. The third-order valence-corrected chi connectivity index (χ3v) is 2.40. The minimum absolute atomic E-state index is 0.895. The van der Waals surface area contributed by atoms with Gasteiger partial charge in [0.25, 0.3) is 0 Å². The number of rotatable bonds is 2. The summed E-state index contributed by atoms with van der Waals surface area (Å²) >= 11 is 3.43. The molecule has 0 fully saturated rings. The minimum Gasteiger partial charge on any atom is -0.319 e. The molecule has 0 bridgehead atoms. The second kappa shape index (κ2) is 5.85. The van der Waals surface area contributed by atoms with Gasteiger partial charge in [-0.25, -0.2) is 0 Å². The van der Waals surface area contributed by atoms with Crippen molar-refractivity contribution in [1.29, 1.82) is 0 Å². The van der Waals surface area contributed by atoms with E-state index < -0.39 is 0 Å². The van der Waals surface area contributed by atoms with Crippen LogP contribution in [0.4, 0.5) is 0 Å². The molecule has 1 aromatic carbocycles. The molecule has 0 unspecified atom stereocenters. The fourth-order valence-corrected chi connectivity index (χ4v) is 1.59. The van der Waals surface area contributed by atoms with Crippen molar-refractivity contribution in [1.82, 2.24) is 5.32 Å². The highest BCUT2D eigenvalue weighted by molar-refractivity contribution is 9.10. The van der Waals surface area contributed by atoms with Crippen LogP contribution >= 0.6 is 15.9 Å². The Bertz CT molecular complexity index is 360. The molecule has 1 nitrogen and oxygen atoms in total. The van der Waals surface area contributed by atoms with Gasteiger partial charge in [0.05, 0.1) is 0 Å². The zero-order chi connectivity index (χ0) is 10.4. The Morgan fingerprint density at radius 2 is 2.21 bits per heavy atom. The standard InChI is InChI=1S/C12H14BrN/c1-10-9-12(13)7-6-11(10)5-3-4-8-14-2/h6-7,9,14H,4,8H2,1-2H3. The molecule has 0 atom stereocenters. The van der Waals surface area contributed by atoms with Crippen LogP contribution in [0.15, 0.2) is 22.7 Å². The van der Waals surface area contributed by atoms with E-state index in [9.17, 15) is 0 Å². The summed E-state index contributed by atoms with van der Waals surface area (Å²) in [4.78, 5) is 0. The van der Waals surface area contributed by atoms with Crippen LogP contribution in [-0.2, 0) is 0 Å². The van der Waals surface area contributed by atoms with E-state index in [-0.39, 0.29) is 0 Å². The third-order valence-electron chi connectivity index (χ3n) is 1.91. The number of nitrogens with one attached hydrogen (secondary N) is 1. The Hall–Kier alpha value is -0.780. The Labute approximate surface area is 94.0 Å². The van der Waals surface area contributed by atoms with Crippen LogP contribution < -0.4 is 5.32 Å². The van der Waals surface area contributed by atoms with E-state index in [0.29, 0.717) is 0 Å². The van der Waals surface area contributed by atoms with E-state index in [1.165, 1.54) is 5.56 Å². The van der Waals surface area contributed by atoms with E-state index in [1.807, 2.05) is 19.2 Å². The van der Waals surface area contributed by atoms with Crippen LogP contribution in [0.25, 0.3) is 0 Å². The maximum atomic E-state index is 3.43. The van der Waals surface area contributed by atoms with Crippen molar-refractivity contribution in [3.05, 3.63) is 33.8 Å². The van der Waals surface area contributed by atoms with Gasteiger partial charge in [0.15, 0.2) is 0 Å². The molecular weight excluding hydrogens is 238 g/mol. The summed E-state index contributed by atoms with van der Waals surface area (Å²) in [5.41, 5.74) is 2.33. The van der Waals surface area contributed by atoms with Gasteiger partial charge >= 0.3 is 0 Å². The summed E-state index contributed by atoms with van der Waals surface area (Å²) in [5.74, 6) is 6.30. The van der Waals surface area contributed by atoms with E-state index in [1.54, 1.807) is 0 Å². The molecule has 2 heteroatoms. The van der Waals surface area contributed by atoms with E-state index >= 15 is 0 Å². The molecule has 14 heavy (non-hydrogen) atoms. The number of benzene rings is 1. The number of hydrogen-bond donors (Lipinski definition) is 1. The van der Waals surface area contributed by atoms with Crippen LogP contribution in [-0.4, -0.2) is 13.6 Å². The lowest BCUT2D eigenvalue weighted by Gasteiger charge is -1.97. The van der Waals surface area contributed by atoms with Gasteiger partial charge in [0.2, 0.25) is 0 Å². The summed E-state index contributed by atoms with van der Waals surface area (Å²) in [6.07, 6.45) is 0.895. The summed E-state index contributed by atoms with van der Waals surface area (Å²) in [6, 6.07) is 6.16. The maximum Gasteiger partial charge on any atom is 0.0275 e. The molecule has 1 rings (SSSR count). The molecule has 0 aromatic heterocycles. The highest BCUT2D eigenvalue weighted by atomic mass is 79.9. The zero-order valence-corrected chi connectivity index (χ0v) is 10.1. The van der Waals surface area contributed by atoms with E-state index in [0.717, 1.165) is 23.0 Å². The predicted molar refractivity (Wildman–Crippen MR) is 64.3 cm³/mol. The normalized spacial score (nSPS) is 9.36. The first-order chi connectivity index (χ1) is 6.74. The van der Waals surface area contributed by atoms with Crippen LogP contribution in [0, 0.1) is 18.8 Å². The van der Waals surface area contributed by atoms with Crippen molar-refractivity contribution in [2.75, 3.05) is 13.6 Å². The van der Waals surface area contributed by atoms with Crippen molar-refractivity contribution in [2.24, 2.45) is 0 Å². The smallest absolute Gasteiger partial charge is 0.0275 e. The Kier molecular flexibility index (Phi) is 4.72. The molecule has 1 N–H and O–H groups in total. The lowest BCUT2D eigenvalue weighted by Crippen LogP contribution is -2.05. The topological polar surface area (TPSA) is 12.0 Å². The van der Waals surface area contributed by atoms with Crippen molar-refractivity contribution in [3.8, 4) is 11.8 Å². The molecule has 0 heterocycles. The lowest BCUT2D eigenvalue weighted by atomic mass is 10.1. The quantitative estimate of drug-likeness (QED) is 0.630. The van der Waals surface area contributed by atoms with E-state index in [2.05, 4.69) is 46.1 Å². The Morgan fingerprint density at radius 1 is 1.43 bits per heavy atom. The van der Waals surface area contributed by atoms with Crippen LogP contribution in [0.5, 0.6) is 0 Å². The first kappa shape index (κ1) is 11.3. The first-order valence-corrected chi connectivity index (χ1v) is 5.43. The third kappa shape index (κ3) is 3.53. The second-order valence-electron chi connectivity index (χ2n) is 3.11. The molecule has 74 valence electrons. The molecule has 0 aliphatic heterocycles. The average molecular weight is 252 g/mol. The largest absolute Gasteiger partial charge is 0.319 e. The van der Waals surface area contributed by atoms with Crippen LogP contribution in [0.3, 0.4) is 0 Å². The number of halogens is 1. The van der Waals surface area contributed by atoms with Crippen molar-refractivity contribution in [2.45, 2.75) is 13.3 Å². The van der Waals surface area contributed by atoms with Gasteiger partial charge in [-0.2, -0.15) is 0 Å². The minimum atomic E-state index is 0.895. The predicted octanol–water partition coefficient (Wildman–Crippen LogP) is 2.72. The summed E-state index contributed by atoms with van der Waals surface area (Å²) < 4.78 is 1.11. The van der Waals surface area contributed by atoms with Gasteiger partial charge in [0, 0.05) is 23.0 Å². The lowest BCUT2D eigenvalue weighted by molar-refractivity contribution is 0.818. The van der Waals surface area contributed by atoms with Crippen molar-refractivity contribution >= 4 is 15.9 Å². The van der Waals surface area contributed by atoms with Crippen LogP contribution in [0.1, 0.15) is 17.5 Å². The highest BCUT2D eigenvalue weighted by Gasteiger charge is 1.94. The van der Waals surface area contributed by atoms with Gasteiger partial charge in [-0.15, -0.1) is 0 Å². The van der Waals surface area contributed by atoms with Gasteiger partial charge in [-0.05, 0) is 37.7 Å². The maximum absolute atomic E-state index is 3.43. The molecule has 0 amide bonds. The van der Waals surface area contributed by atoms with Gasteiger partial charge in [0.1, 0.15) is 0 Å². The molecule has 0 spiro atoms. The average Bonchev–Trinajstić information content (AvgIpc) is 2.15. The summed E-state index contributed by atoms with van der Waals surface area (Å²) in [5, 5.41) is 3.07. The summed E-state index contributed by atoms with van der Waals surface area (Å²) in [6.45, 7) is 3.02. The van der Waals surface area contributed by atoms with Gasteiger partial charge in [-0.3, -0.25) is 0 Å². The molecule has 1 aromatic rings. The van der Waals surface area contributed by atoms with Crippen molar-refractivity contribution in [3.63, 3.8) is 0 Å². The number of aryl methyl sites for hydroxylation is 1.